The van der Waals surface area contributed by atoms with Crippen molar-refractivity contribution in [1.29, 1.82) is 0 Å². The molecule has 0 aliphatic carbocycles. The topological polar surface area (TPSA) is 64.2 Å². The first kappa shape index (κ1) is 10.0. The van der Waals surface area contributed by atoms with E-state index < -0.39 is 5.97 Å². The Hall–Kier alpha value is 1.03. The first-order valence-corrected chi connectivity index (χ1v) is 2.45. The summed E-state index contributed by atoms with van der Waals surface area (Å²) in [6.45, 7) is 0.706. The van der Waals surface area contributed by atoms with Gasteiger partial charge in [-0.3, -0.25) is 10.6 Å². The van der Waals surface area contributed by atoms with Gasteiger partial charge in [-0.2, -0.15) is 0 Å². The quantitative estimate of drug-likeness (QED) is 0.390. The van der Waals surface area contributed by atoms with Gasteiger partial charge in [0.15, 0.2) is 0 Å². The van der Waals surface area contributed by atoms with Crippen LogP contribution in [0.25, 0.3) is 0 Å². The third-order valence-corrected chi connectivity index (χ3v) is 1.07. The maximum atomic E-state index is 9.81. The molecule has 0 bridgehead atoms. The molecule has 5 heteroatoms. The predicted molar refractivity (Wildman–Crippen MR) is 24.6 cm³/mol. The molecule has 0 unspecified atom stereocenters. The van der Waals surface area contributed by atoms with Gasteiger partial charge >= 0.3 is 51.4 Å². The van der Waals surface area contributed by atoms with Crippen LogP contribution in [0.5, 0.6) is 0 Å². The number of nitrogens with one attached hydrogen (secondary N) is 2. The molecule has 46 valence electrons. The van der Waals surface area contributed by atoms with E-state index in [9.17, 15) is 9.90 Å². The van der Waals surface area contributed by atoms with E-state index >= 15 is 0 Å². The molecule has 0 amide bonds. The van der Waals surface area contributed by atoms with Crippen LogP contribution >= 0.6 is 0 Å². The summed E-state index contributed by atoms with van der Waals surface area (Å²) in [6.07, 6.45) is -0.000000000000000666. The Kier molecular flexibility index (Phi) is 5.33. The second kappa shape index (κ2) is 4.78. The van der Waals surface area contributed by atoms with Crippen LogP contribution in [0.15, 0.2) is 0 Å². The SMILES string of the molecule is O=C([O-])CC1NCN1.[K+]. The van der Waals surface area contributed by atoms with Crippen molar-refractivity contribution in [1.82, 2.24) is 10.6 Å². The van der Waals surface area contributed by atoms with Gasteiger partial charge in [-0.1, -0.05) is 0 Å². The molecule has 0 aromatic carbocycles. The molecule has 1 aliphatic rings. The van der Waals surface area contributed by atoms with Crippen molar-refractivity contribution in [3.63, 3.8) is 0 Å². The Balaban J connectivity index is 0.000000640. The van der Waals surface area contributed by atoms with Gasteiger partial charge in [-0.15, -0.1) is 0 Å². The van der Waals surface area contributed by atoms with Crippen LogP contribution in [0.1, 0.15) is 6.42 Å². The fourth-order valence-electron chi connectivity index (χ4n) is 0.557. The molecule has 1 saturated heterocycles. The van der Waals surface area contributed by atoms with Crippen molar-refractivity contribution in [3.8, 4) is 0 Å². The first-order chi connectivity index (χ1) is 3.79. The van der Waals surface area contributed by atoms with Crippen molar-refractivity contribution in [2.24, 2.45) is 0 Å². The van der Waals surface area contributed by atoms with E-state index in [0.29, 0.717) is 6.67 Å². The van der Waals surface area contributed by atoms with Crippen molar-refractivity contribution in [2.75, 3.05) is 6.67 Å². The number of rotatable bonds is 2. The van der Waals surface area contributed by atoms with Gasteiger partial charge in [0.25, 0.3) is 0 Å². The number of carbonyl (C=O) groups excluding carboxylic acids is 1. The summed E-state index contributed by atoms with van der Waals surface area (Å²) in [5, 5.41) is 15.5. The minimum Gasteiger partial charge on any atom is -0.550 e. The minimum absolute atomic E-state index is 0. The third-order valence-electron chi connectivity index (χ3n) is 1.07. The number of aliphatic carboxylic acids is 1. The molecule has 0 spiro atoms. The van der Waals surface area contributed by atoms with Crippen LogP contribution in [0.3, 0.4) is 0 Å². The molecule has 1 heterocycles. The number of hydrogen-bond acceptors (Lipinski definition) is 4. The van der Waals surface area contributed by atoms with Crippen LogP contribution in [0.4, 0.5) is 0 Å². The van der Waals surface area contributed by atoms with Gasteiger partial charge in [-0.25, -0.2) is 0 Å². The van der Waals surface area contributed by atoms with Crippen LogP contribution in [-0.2, 0) is 4.79 Å². The molecule has 9 heavy (non-hydrogen) atoms. The van der Waals surface area contributed by atoms with E-state index in [1.54, 1.807) is 0 Å². The second-order valence-corrected chi connectivity index (χ2v) is 1.71. The van der Waals surface area contributed by atoms with Crippen LogP contribution < -0.4 is 67.1 Å². The molecule has 4 nitrogen and oxygen atoms in total. The van der Waals surface area contributed by atoms with Crippen molar-refractivity contribution in [2.45, 2.75) is 12.6 Å². The molecule has 1 aliphatic heterocycles. The minimum atomic E-state index is -1.02. The predicted octanol–water partition coefficient (Wildman–Crippen LogP) is -5.39. The summed E-state index contributed by atoms with van der Waals surface area (Å²) >= 11 is 0. The number of carbonyl (C=O) groups is 1. The monoisotopic (exact) mass is 154 g/mol. The maximum absolute atomic E-state index is 9.81. The normalized spacial score (nSPS) is 17.8. The summed E-state index contributed by atoms with van der Waals surface area (Å²) in [7, 11) is 0. The molecular weight excluding hydrogens is 147 g/mol. The second-order valence-electron chi connectivity index (χ2n) is 1.71. The van der Waals surface area contributed by atoms with Gasteiger partial charge in [0.05, 0.1) is 6.17 Å². The van der Waals surface area contributed by atoms with Gasteiger partial charge in [0.2, 0.25) is 0 Å². The molecule has 1 rings (SSSR count). The largest absolute Gasteiger partial charge is 1.00 e. The smallest absolute Gasteiger partial charge is 0.550 e. The van der Waals surface area contributed by atoms with Crippen molar-refractivity contribution in [3.05, 3.63) is 0 Å². The zero-order valence-electron chi connectivity index (χ0n) is 5.31. The zero-order valence-corrected chi connectivity index (χ0v) is 8.43. The Morgan fingerprint density at radius 2 is 2.22 bits per heavy atom. The molecule has 2 N–H and O–H groups in total. The first-order valence-electron chi connectivity index (χ1n) is 2.45. The summed E-state index contributed by atoms with van der Waals surface area (Å²) in [5.41, 5.74) is 0. The number of carboxylic acids is 1. The fraction of sp³-hybridized carbons (Fsp3) is 0.750. The third kappa shape index (κ3) is 3.67. The Morgan fingerprint density at radius 1 is 1.67 bits per heavy atom. The molecule has 0 atom stereocenters. The van der Waals surface area contributed by atoms with Crippen LogP contribution in [-0.4, -0.2) is 18.8 Å². The number of carboxylic acid groups (broad SMARTS) is 1. The van der Waals surface area contributed by atoms with E-state index in [1.165, 1.54) is 0 Å². The molecule has 0 aromatic rings. The van der Waals surface area contributed by atoms with E-state index in [-0.39, 0.29) is 64.0 Å². The summed E-state index contributed by atoms with van der Waals surface area (Å²) < 4.78 is 0. The van der Waals surface area contributed by atoms with Gasteiger partial charge in [0.1, 0.15) is 0 Å². The molecule has 1 fully saturated rings. The Labute approximate surface area is 95.8 Å². The van der Waals surface area contributed by atoms with Crippen LogP contribution in [0.2, 0.25) is 0 Å². The Bertz CT molecular complexity index is 105. The van der Waals surface area contributed by atoms with Crippen LogP contribution in [0, 0.1) is 0 Å². The van der Waals surface area contributed by atoms with Gasteiger partial charge in [-0.05, 0) is 0 Å². The summed E-state index contributed by atoms with van der Waals surface area (Å²) in [5.74, 6) is -1.02. The average Bonchev–Trinajstić information content (AvgIpc) is 1.55. The van der Waals surface area contributed by atoms with Gasteiger partial charge < -0.3 is 9.90 Å². The van der Waals surface area contributed by atoms with Crippen molar-refractivity contribution < 1.29 is 61.3 Å². The molecule has 0 aromatic heterocycles. The Morgan fingerprint density at radius 3 is 2.33 bits per heavy atom. The summed E-state index contributed by atoms with van der Waals surface area (Å²) in [6, 6.07) is 0. The van der Waals surface area contributed by atoms with E-state index in [2.05, 4.69) is 10.6 Å². The zero-order chi connectivity index (χ0) is 5.98. The van der Waals surface area contributed by atoms with E-state index in [0.717, 1.165) is 0 Å². The summed E-state index contributed by atoms with van der Waals surface area (Å²) in [4.78, 5) is 9.81. The molecule has 0 saturated carbocycles. The van der Waals surface area contributed by atoms with E-state index in [1.807, 2.05) is 0 Å². The maximum Gasteiger partial charge on any atom is 1.00 e. The van der Waals surface area contributed by atoms with Gasteiger partial charge in [0, 0.05) is 19.1 Å². The molecule has 0 radical (unpaired) electrons. The van der Waals surface area contributed by atoms with E-state index in [4.69, 9.17) is 0 Å². The standard InChI is InChI=1S/C4H8N2O2.K/c7-4(8)1-3-5-2-6-3;/h3,5-6H,1-2H2,(H,7,8);/q;+1/p-1. The van der Waals surface area contributed by atoms with Crippen molar-refractivity contribution >= 4 is 5.97 Å². The average molecular weight is 154 g/mol. The number of hydrogen-bond donors (Lipinski definition) is 2. The fourth-order valence-corrected chi connectivity index (χ4v) is 0.557. The molecular formula is C4H7KN2O2.